The van der Waals surface area contributed by atoms with Gasteiger partial charge in [-0.15, -0.1) is 0 Å². The molecule has 0 aromatic carbocycles. The molecule has 0 bridgehead atoms. The molecule has 1 aliphatic heterocycles. The zero-order chi connectivity index (χ0) is 14.1. The minimum absolute atomic E-state index is 0.0921. The maximum Gasteiger partial charge on any atom is 0.208 e. The van der Waals surface area contributed by atoms with Crippen LogP contribution in [0.3, 0.4) is 0 Å². The standard InChI is InChI=1S/C14H23N3O2/c1-2-3-4-5-6-7-13-16-9-11-17(13,10-8-15)12-14(18)19/h4-5,9,11H,2-3,6-8,10,12,15H2,1H3/b5-4+. The molecule has 0 aromatic heterocycles. The molecule has 19 heavy (non-hydrogen) atoms. The topological polar surface area (TPSA) is 78.5 Å². The van der Waals surface area contributed by atoms with Crippen molar-refractivity contribution in [2.75, 3.05) is 19.6 Å². The van der Waals surface area contributed by atoms with Gasteiger partial charge in [0.05, 0.1) is 12.2 Å². The van der Waals surface area contributed by atoms with Crippen LogP contribution in [0.15, 0.2) is 29.5 Å². The average Bonchev–Trinajstić information content (AvgIpc) is 2.71. The first-order chi connectivity index (χ1) is 9.14. The number of carbonyl (C=O) groups excluding carboxylic acids is 1. The number of allylic oxidation sites excluding steroid dienone is 2. The normalized spacial score (nSPS) is 22.1. The molecule has 0 aliphatic carbocycles. The lowest BCUT2D eigenvalue weighted by atomic mass is 10.2. The molecule has 1 rings (SSSR count). The minimum Gasteiger partial charge on any atom is -0.544 e. The molecular formula is C14H23N3O2. The van der Waals surface area contributed by atoms with Crippen molar-refractivity contribution < 1.29 is 14.4 Å². The second-order valence-electron chi connectivity index (χ2n) is 4.72. The molecule has 0 saturated carbocycles. The number of aliphatic imine (C=N–C) groups is 1. The number of nitrogens with two attached hydrogens (primary N) is 1. The van der Waals surface area contributed by atoms with E-state index in [1.54, 1.807) is 12.4 Å². The lowest BCUT2D eigenvalue weighted by Crippen LogP contribution is -2.54. The van der Waals surface area contributed by atoms with Crippen LogP contribution in [-0.4, -0.2) is 35.9 Å². The van der Waals surface area contributed by atoms with E-state index in [-0.39, 0.29) is 11.0 Å². The highest BCUT2D eigenvalue weighted by molar-refractivity contribution is 5.81. The first kappa shape index (κ1) is 15.6. The Balaban J connectivity index is 2.62. The van der Waals surface area contributed by atoms with E-state index in [9.17, 15) is 9.90 Å². The number of carboxylic acid groups (broad SMARTS) is 1. The van der Waals surface area contributed by atoms with Gasteiger partial charge in [-0.1, -0.05) is 25.5 Å². The van der Waals surface area contributed by atoms with Crippen LogP contribution in [-0.2, 0) is 4.79 Å². The van der Waals surface area contributed by atoms with Gasteiger partial charge in [0.2, 0.25) is 5.84 Å². The molecule has 0 radical (unpaired) electrons. The highest BCUT2D eigenvalue weighted by Crippen LogP contribution is 2.19. The minimum atomic E-state index is -1.07. The summed E-state index contributed by atoms with van der Waals surface area (Å²) in [4.78, 5) is 15.2. The highest BCUT2D eigenvalue weighted by Gasteiger charge is 2.34. The van der Waals surface area contributed by atoms with E-state index in [0.717, 1.165) is 31.5 Å². The fourth-order valence-corrected chi connectivity index (χ4v) is 2.24. The van der Waals surface area contributed by atoms with Gasteiger partial charge >= 0.3 is 0 Å². The van der Waals surface area contributed by atoms with Gasteiger partial charge < -0.3 is 15.6 Å². The molecule has 5 nitrogen and oxygen atoms in total. The third-order valence-electron chi connectivity index (χ3n) is 3.19. The number of carboxylic acids is 1. The number of nitrogens with zero attached hydrogens (tertiary/aromatic N) is 2. The monoisotopic (exact) mass is 265 g/mol. The van der Waals surface area contributed by atoms with Crippen LogP contribution >= 0.6 is 0 Å². The molecule has 5 heteroatoms. The van der Waals surface area contributed by atoms with E-state index in [2.05, 4.69) is 24.1 Å². The van der Waals surface area contributed by atoms with E-state index in [1.807, 2.05) is 0 Å². The number of carbonyl (C=O) groups is 1. The van der Waals surface area contributed by atoms with E-state index < -0.39 is 5.97 Å². The van der Waals surface area contributed by atoms with Gasteiger partial charge in [0, 0.05) is 13.0 Å². The van der Waals surface area contributed by atoms with Gasteiger partial charge in [0.1, 0.15) is 19.3 Å². The number of hydrogen-bond donors (Lipinski definition) is 1. The molecule has 0 fully saturated rings. The largest absolute Gasteiger partial charge is 0.544 e. The third-order valence-corrected chi connectivity index (χ3v) is 3.19. The van der Waals surface area contributed by atoms with Crippen molar-refractivity contribution in [3.05, 3.63) is 24.6 Å². The summed E-state index contributed by atoms with van der Waals surface area (Å²) in [6, 6.07) is 0. The Morgan fingerprint density at radius 2 is 2.21 bits per heavy atom. The summed E-state index contributed by atoms with van der Waals surface area (Å²) in [6.07, 6.45) is 11.6. The lowest BCUT2D eigenvalue weighted by molar-refractivity contribution is -0.780. The van der Waals surface area contributed by atoms with E-state index >= 15 is 0 Å². The first-order valence-electron chi connectivity index (χ1n) is 6.81. The third kappa shape index (κ3) is 4.61. The van der Waals surface area contributed by atoms with Gasteiger partial charge in [0.25, 0.3) is 0 Å². The molecule has 1 aliphatic rings. The van der Waals surface area contributed by atoms with Crippen LogP contribution < -0.4 is 10.8 Å². The second-order valence-corrected chi connectivity index (χ2v) is 4.72. The average molecular weight is 265 g/mol. The summed E-state index contributed by atoms with van der Waals surface area (Å²) < 4.78 is 0.209. The quantitative estimate of drug-likeness (QED) is 0.488. The Labute approximate surface area is 114 Å². The zero-order valence-corrected chi connectivity index (χ0v) is 11.5. The number of aliphatic carboxylic acids is 1. The van der Waals surface area contributed by atoms with Crippen molar-refractivity contribution in [2.45, 2.75) is 32.6 Å². The molecule has 0 saturated heterocycles. The molecule has 2 N–H and O–H groups in total. The Kier molecular flexibility index (Phi) is 6.45. The van der Waals surface area contributed by atoms with Crippen LogP contribution in [0.4, 0.5) is 0 Å². The maximum absolute atomic E-state index is 10.9. The molecular weight excluding hydrogens is 242 g/mol. The number of amidine groups is 1. The first-order valence-corrected chi connectivity index (χ1v) is 6.81. The molecule has 1 heterocycles. The Morgan fingerprint density at radius 3 is 2.84 bits per heavy atom. The summed E-state index contributed by atoms with van der Waals surface area (Å²) in [5, 5.41) is 10.9. The predicted octanol–water partition coefficient (Wildman–Crippen LogP) is 0.532. The van der Waals surface area contributed by atoms with E-state index in [1.165, 1.54) is 0 Å². The molecule has 0 amide bonds. The summed E-state index contributed by atoms with van der Waals surface area (Å²) in [7, 11) is 0. The lowest BCUT2D eigenvalue weighted by Gasteiger charge is -2.32. The SMILES string of the molecule is CCC/C=C/CCC1=NC=C[N+]1(CCN)CC(=O)[O-]. The Morgan fingerprint density at radius 1 is 1.47 bits per heavy atom. The van der Waals surface area contributed by atoms with Crippen molar-refractivity contribution in [1.29, 1.82) is 0 Å². The Bertz CT molecular complexity index is 388. The van der Waals surface area contributed by atoms with Crippen LogP contribution in [0.5, 0.6) is 0 Å². The summed E-state index contributed by atoms with van der Waals surface area (Å²) in [5.74, 6) is -0.218. The Hall–Kier alpha value is -1.46. The van der Waals surface area contributed by atoms with E-state index in [4.69, 9.17) is 5.73 Å². The maximum atomic E-state index is 10.9. The fraction of sp³-hybridized carbons (Fsp3) is 0.571. The van der Waals surface area contributed by atoms with Crippen molar-refractivity contribution in [3.8, 4) is 0 Å². The van der Waals surface area contributed by atoms with Crippen molar-refractivity contribution in [2.24, 2.45) is 10.7 Å². The van der Waals surface area contributed by atoms with E-state index in [0.29, 0.717) is 13.1 Å². The smallest absolute Gasteiger partial charge is 0.208 e. The predicted molar refractivity (Wildman–Crippen MR) is 73.9 cm³/mol. The second kappa shape index (κ2) is 7.86. The van der Waals surface area contributed by atoms with Crippen molar-refractivity contribution in [1.82, 2.24) is 0 Å². The van der Waals surface area contributed by atoms with Gasteiger partial charge in [-0.3, -0.25) is 0 Å². The number of quaternary nitrogens is 1. The summed E-state index contributed by atoms with van der Waals surface area (Å²) >= 11 is 0. The summed E-state index contributed by atoms with van der Waals surface area (Å²) in [6.45, 7) is 3.01. The van der Waals surface area contributed by atoms with Crippen LogP contribution in [0, 0.1) is 0 Å². The number of unbranched alkanes of at least 4 members (excludes halogenated alkanes) is 1. The molecule has 1 unspecified atom stereocenters. The van der Waals surface area contributed by atoms with Gasteiger partial charge in [-0.25, -0.2) is 9.48 Å². The zero-order valence-electron chi connectivity index (χ0n) is 11.5. The van der Waals surface area contributed by atoms with Crippen LogP contribution in [0.25, 0.3) is 0 Å². The van der Waals surface area contributed by atoms with Crippen LogP contribution in [0.1, 0.15) is 32.6 Å². The van der Waals surface area contributed by atoms with Crippen molar-refractivity contribution >= 4 is 11.8 Å². The molecule has 0 spiro atoms. The fourth-order valence-electron chi connectivity index (χ4n) is 2.24. The molecule has 0 aromatic rings. The summed E-state index contributed by atoms with van der Waals surface area (Å²) in [5.41, 5.74) is 5.59. The van der Waals surface area contributed by atoms with Gasteiger partial charge in [-0.2, -0.15) is 0 Å². The van der Waals surface area contributed by atoms with Crippen LogP contribution in [0.2, 0.25) is 0 Å². The van der Waals surface area contributed by atoms with Gasteiger partial charge in [-0.05, 0) is 12.8 Å². The number of rotatable bonds is 9. The molecule has 1 atom stereocenters. The van der Waals surface area contributed by atoms with Crippen molar-refractivity contribution in [3.63, 3.8) is 0 Å². The number of hydrogen-bond acceptors (Lipinski definition) is 4. The highest BCUT2D eigenvalue weighted by atomic mass is 16.4. The van der Waals surface area contributed by atoms with Gasteiger partial charge in [0.15, 0.2) is 0 Å². The molecule has 106 valence electrons.